The van der Waals surface area contributed by atoms with Gasteiger partial charge in [-0.05, 0) is 6.08 Å². The number of amides is 2. The molecule has 0 aromatic heterocycles. The Balaban J connectivity index is 3.13. The van der Waals surface area contributed by atoms with Crippen LogP contribution in [0, 0.1) is 0 Å². The molecule has 0 saturated heterocycles. The van der Waals surface area contributed by atoms with Gasteiger partial charge in [0, 0.05) is 20.4 Å². The zero-order valence-corrected chi connectivity index (χ0v) is 15.6. The minimum absolute atomic E-state index is 0.00358. The molecule has 152 valence electrons. The second-order valence-electron chi connectivity index (χ2n) is 5.88. The minimum Gasteiger partial charge on any atom is -0.478 e. The Morgan fingerprint density at radius 3 is 2.44 bits per heavy atom. The SMILES string of the molecule is CC(=O)NC[C@@H](O)[C@@H](O)[C@@H]1OC(C(=O)O)=C[C@H](OCC(N)=S)[C@H]1NC(C)=O. The van der Waals surface area contributed by atoms with Crippen molar-refractivity contribution in [1.82, 2.24) is 10.6 Å². The summed E-state index contributed by atoms with van der Waals surface area (Å²) in [6.45, 7) is 1.91. The summed E-state index contributed by atoms with van der Waals surface area (Å²) >= 11 is 4.72. The average molecular weight is 405 g/mol. The van der Waals surface area contributed by atoms with E-state index in [2.05, 4.69) is 10.6 Å². The summed E-state index contributed by atoms with van der Waals surface area (Å²) in [5.41, 5.74) is 5.38. The van der Waals surface area contributed by atoms with E-state index in [0.29, 0.717) is 0 Å². The maximum Gasteiger partial charge on any atom is 0.370 e. The van der Waals surface area contributed by atoms with Gasteiger partial charge in [0.25, 0.3) is 0 Å². The molecule has 1 aliphatic heterocycles. The number of aliphatic carboxylic acids is 1. The molecule has 0 fully saturated rings. The fourth-order valence-corrected chi connectivity index (χ4v) is 2.49. The standard InChI is InChI=1S/C15H23N3O8S/c1-6(19)17-4-8(21)13(22)14-12(18-7(2)20)9(25-5-11(16)27)3-10(26-14)15(23)24/h3,8-9,12-14,21-22H,4-5H2,1-2H3,(H2,16,27)(H,17,19)(H,18,20)(H,23,24)/t8-,9+,12-,13-,14-/m1/s1. The zero-order chi connectivity index (χ0) is 20.7. The van der Waals surface area contributed by atoms with Crippen LogP contribution in [0.5, 0.6) is 0 Å². The van der Waals surface area contributed by atoms with Crippen LogP contribution in [0.15, 0.2) is 11.8 Å². The van der Waals surface area contributed by atoms with E-state index < -0.39 is 54.0 Å². The Labute approximate surface area is 160 Å². The molecule has 0 aromatic carbocycles. The lowest BCUT2D eigenvalue weighted by Crippen LogP contribution is -2.61. The zero-order valence-electron chi connectivity index (χ0n) is 14.7. The van der Waals surface area contributed by atoms with Crippen LogP contribution >= 0.6 is 12.2 Å². The molecule has 11 nitrogen and oxygen atoms in total. The average Bonchev–Trinajstić information content (AvgIpc) is 2.56. The lowest BCUT2D eigenvalue weighted by molar-refractivity contribution is -0.149. The Kier molecular flexibility index (Phi) is 8.56. The van der Waals surface area contributed by atoms with Crippen LogP contribution in [-0.2, 0) is 23.9 Å². The number of nitrogens with two attached hydrogens (primary N) is 1. The number of ether oxygens (including phenoxy) is 2. The monoisotopic (exact) mass is 405 g/mol. The van der Waals surface area contributed by atoms with Crippen molar-refractivity contribution in [1.29, 1.82) is 0 Å². The van der Waals surface area contributed by atoms with Gasteiger partial charge in [-0.3, -0.25) is 9.59 Å². The fourth-order valence-electron chi connectivity index (χ4n) is 2.42. The molecule has 2 amide bonds. The summed E-state index contributed by atoms with van der Waals surface area (Å²) in [5.74, 6) is -2.92. The quantitative estimate of drug-likeness (QED) is 0.222. The van der Waals surface area contributed by atoms with Crippen LogP contribution in [0.4, 0.5) is 0 Å². The van der Waals surface area contributed by atoms with Crippen molar-refractivity contribution >= 4 is 35.0 Å². The number of nitrogens with one attached hydrogen (secondary N) is 2. The van der Waals surface area contributed by atoms with Gasteiger partial charge in [0.15, 0.2) is 6.10 Å². The molecule has 7 N–H and O–H groups in total. The summed E-state index contributed by atoms with van der Waals surface area (Å²) in [6.07, 6.45) is -4.50. The highest BCUT2D eigenvalue weighted by atomic mass is 32.1. The predicted molar refractivity (Wildman–Crippen MR) is 95.4 cm³/mol. The predicted octanol–water partition coefficient (Wildman–Crippen LogP) is -2.61. The highest BCUT2D eigenvalue weighted by Gasteiger charge is 2.44. The van der Waals surface area contributed by atoms with Gasteiger partial charge >= 0.3 is 5.97 Å². The normalized spacial score (nSPS) is 24.0. The number of hydrogen-bond donors (Lipinski definition) is 6. The highest BCUT2D eigenvalue weighted by molar-refractivity contribution is 7.80. The number of rotatable bonds is 9. The summed E-state index contributed by atoms with van der Waals surface area (Å²) in [6, 6.07) is -1.05. The summed E-state index contributed by atoms with van der Waals surface area (Å²) in [7, 11) is 0. The van der Waals surface area contributed by atoms with Gasteiger partial charge in [-0.1, -0.05) is 12.2 Å². The molecule has 0 spiro atoms. The third-order valence-electron chi connectivity index (χ3n) is 3.58. The van der Waals surface area contributed by atoms with Gasteiger partial charge in [-0.15, -0.1) is 0 Å². The number of thiocarbonyl (C=S) groups is 1. The molecular weight excluding hydrogens is 382 g/mol. The molecule has 12 heteroatoms. The van der Waals surface area contributed by atoms with Crippen molar-refractivity contribution in [3.8, 4) is 0 Å². The van der Waals surface area contributed by atoms with E-state index in [0.717, 1.165) is 6.08 Å². The first kappa shape index (κ1) is 22.8. The van der Waals surface area contributed by atoms with Crippen molar-refractivity contribution in [3.63, 3.8) is 0 Å². The molecule has 1 aliphatic rings. The molecule has 27 heavy (non-hydrogen) atoms. The highest BCUT2D eigenvalue weighted by Crippen LogP contribution is 2.24. The van der Waals surface area contributed by atoms with Crippen LogP contribution < -0.4 is 16.4 Å². The van der Waals surface area contributed by atoms with E-state index in [4.69, 9.17) is 27.4 Å². The molecule has 0 radical (unpaired) electrons. The first-order chi connectivity index (χ1) is 12.5. The van der Waals surface area contributed by atoms with E-state index in [-0.39, 0.29) is 18.1 Å². The lowest BCUT2D eigenvalue weighted by Gasteiger charge is -2.39. The Morgan fingerprint density at radius 2 is 1.96 bits per heavy atom. The number of aliphatic hydroxyl groups is 2. The Bertz CT molecular complexity index is 626. The number of hydrogen-bond acceptors (Lipinski definition) is 8. The number of carboxylic acids is 1. The van der Waals surface area contributed by atoms with E-state index in [1.807, 2.05) is 0 Å². The second-order valence-corrected chi connectivity index (χ2v) is 6.41. The summed E-state index contributed by atoms with van der Waals surface area (Å²) in [5, 5.41) is 34.6. The molecule has 1 rings (SSSR count). The van der Waals surface area contributed by atoms with Crippen molar-refractivity contribution in [3.05, 3.63) is 11.8 Å². The molecule has 1 heterocycles. The van der Waals surface area contributed by atoms with Crippen molar-refractivity contribution in [2.24, 2.45) is 5.73 Å². The maximum absolute atomic E-state index is 11.6. The third-order valence-corrected chi connectivity index (χ3v) is 3.69. The number of aliphatic hydroxyl groups excluding tert-OH is 2. The molecule has 0 bridgehead atoms. The van der Waals surface area contributed by atoms with Gasteiger partial charge in [-0.25, -0.2) is 4.79 Å². The molecular formula is C15H23N3O8S. The summed E-state index contributed by atoms with van der Waals surface area (Å²) in [4.78, 5) is 33.9. The molecule has 0 aliphatic carbocycles. The minimum atomic E-state index is -1.66. The van der Waals surface area contributed by atoms with Crippen molar-refractivity contribution in [2.45, 2.75) is 44.3 Å². The molecule has 0 unspecified atom stereocenters. The lowest BCUT2D eigenvalue weighted by atomic mass is 9.93. The van der Waals surface area contributed by atoms with Gasteiger partial charge in [-0.2, -0.15) is 0 Å². The topological polar surface area (TPSA) is 180 Å². The Hall–Kier alpha value is -2.28. The van der Waals surface area contributed by atoms with Gasteiger partial charge < -0.3 is 41.2 Å². The van der Waals surface area contributed by atoms with Gasteiger partial charge in [0.05, 0.1) is 17.6 Å². The number of carbonyl (C=O) groups excluding carboxylic acids is 2. The molecule has 5 atom stereocenters. The van der Waals surface area contributed by atoms with Crippen LogP contribution in [0.25, 0.3) is 0 Å². The summed E-state index contributed by atoms with van der Waals surface area (Å²) < 4.78 is 10.7. The number of carbonyl (C=O) groups is 3. The van der Waals surface area contributed by atoms with Gasteiger partial charge in [0.2, 0.25) is 17.6 Å². The van der Waals surface area contributed by atoms with E-state index in [9.17, 15) is 29.7 Å². The molecule has 0 aromatic rings. The number of carboxylic acid groups (broad SMARTS) is 1. The van der Waals surface area contributed by atoms with Crippen LogP contribution in [0.1, 0.15) is 13.8 Å². The first-order valence-corrected chi connectivity index (χ1v) is 8.33. The second kappa shape index (κ2) is 10.2. The van der Waals surface area contributed by atoms with Crippen molar-refractivity contribution in [2.75, 3.05) is 13.2 Å². The van der Waals surface area contributed by atoms with Gasteiger partial charge in [0.1, 0.15) is 18.3 Å². The van der Waals surface area contributed by atoms with E-state index >= 15 is 0 Å². The van der Waals surface area contributed by atoms with E-state index in [1.54, 1.807) is 0 Å². The van der Waals surface area contributed by atoms with E-state index in [1.165, 1.54) is 13.8 Å². The molecule has 0 saturated carbocycles. The Morgan fingerprint density at radius 1 is 1.33 bits per heavy atom. The largest absolute Gasteiger partial charge is 0.478 e. The fraction of sp³-hybridized carbons (Fsp3) is 0.600. The van der Waals surface area contributed by atoms with Crippen LogP contribution in [0.2, 0.25) is 0 Å². The van der Waals surface area contributed by atoms with Crippen LogP contribution in [-0.4, -0.2) is 81.7 Å². The smallest absolute Gasteiger partial charge is 0.370 e. The maximum atomic E-state index is 11.6. The van der Waals surface area contributed by atoms with Crippen molar-refractivity contribution < 1.29 is 39.2 Å². The first-order valence-electron chi connectivity index (χ1n) is 7.92. The van der Waals surface area contributed by atoms with Crippen LogP contribution in [0.3, 0.4) is 0 Å². The third kappa shape index (κ3) is 7.09.